The fraction of sp³-hybridized carbons (Fsp3) is 0.300. The predicted octanol–water partition coefficient (Wildman–Crippen LogP) is 0.328. The highest BCUT2D eigenvalue weighted by Crippen LogP contribution is 2.08. The number of benzene rings is 1. The van der Waals surface area contributed by atoms with Gasteiger partial charge in [-0.15, -0.1) is 0 Å². The second kappa shape index (κ2) is 7.78. The fourth-order valence-electron chi connectivity index (χ4n) is 0.762. The molecule has 5 N–H and O–H groups in total. The number of aliphatic hydroxyl groups is 2. The third-order valence-corrected chi connectivity index (χ3v) is 1.51. The highest BCUT2D eigenvalue weighted by atomic mass is 16.4. The molecule has 1 aromatic carbocycles. The Morgan fingerprint density at radius 1 is 1.20 bits per heavy atom. The monoisotopic (exact) mass is 213 g/mol. The summed E-state index contributed by atoms with van der Waals surface area (Å²) in [7, 11) is 0. The third kappa shape index (κ3) is 5.66. The molecule has 0 aromatic heterocycles. The molecule has 0 fully saturated rings. The van der Waals surface area contributed by atoms with E-state index in [1.54, 1.807) is 18.2 Å². The van der Waals surface area contributed by atoms with Gasteiger partial charge in [0.1, 0.15) is 0 Å². The van der Waals surface area contributed by atoms with E-state index in [1.807, 2.05) is 0 Å². The van der Waals surface area contributed by atoms with E-state index >= 15 is 0 Å². The SMILES string of the molecule is Nc1ccccc1C(=O)O.OCCCO. The molecule has 0 heterocycles. The van der Waals surface area contributed by atoms with Gasteiger partial charge in [0.05, 0.1) is 5.56 Å². The minimum atomic E-state index is -0.988. The number of para-hydroxylation sites is 1. The highest BCUT2D eigenvalue weighted by molar-refractivity contribution is 5.93. The van der Waals surface area contributed by atoms with E-state index in [9.17, 15) is 4.79 Å². The number of carboxylic acid groups (broad SMARTS) is 1. The number of nitrogens with two attached hydrogens (primary N) is 1. The molecule has 5 heteroatoms. The van der Waals surface area contributed by atoms with Gasteiger partial charge in [-0.3, -0.25) is 0 Å². The summed E-state index contributed by atoms with van der Waals surface area (Å²) < 4.78 is 0. The van der Waals surface area contributed by atoms with Crippen molar-refractivity contribution < 1.29 is 20.1 Å². The van der Waals surface area contributed by atoms with Crippen molar-refractivity contribution in [1.29, 1.82) is 0 Å². The van der Waals surface area contributed by atoms with Crippen LogP contribution in [0.3, 0.4) is 0 Å². The molecular weight excluding hydrogens is 198 g/mol. The van der Waals surface area contributed by atoms with Crippen molar-refractivity contribution in [3.8, 4) is 0 Å². The van der Waals surface area contributed by atoms with Crippen LogP contribution in [-0.2, 0) is 0 Å². The van der Waals surface area contributed by atoms with Crippen molar-refractivity contribution in [2.75, 3.05) is 18.9 Å². The number of anilines is 1. The van der Waals surface area contributed by atoms with Crippen LogP contribution in [0.25, 0.3) is 0 Å². The van der Waals surface area contributed by atoms with Gasteiger partial charge in [-0.1, -0.05) is 12.1 Å². The lowest BCUT2D eigenvalue weighted by molar-refractivity contribution is 0.0698. The van der Waals surface area contributed by atoms with Crippen LogP contribution in [0.2, 0.25) is 0 Å². The van der Waals surface area contributed by atoms with E-state index in [0.29, 0.717) is 12.1 Å². The summed E-state index contributed by atoms with van der Waals surface area (Å²) in [5.74, 6) is -0.988. The largest absolute Gasteiger partial charge is 0.478 e. The maximum absolute atomic E-state index is 10.3. The second-order valence-corrected chi connectivity index (χ2v) is 2.69. The lowest BCUT2D eigenvalue weighted by atomic mass is 10.2. The zero-order valence-corrected chi connectivity index (χ0v) is 8.26. The Balaban J connectivity index is 0.000000336. The van der Waals surface area contributed by atoms with Crippen molar-refractivity contribution in [3.05, 3.63) is 29.8 Å². The Bertz CT molecular complexity index is 299. The van der Waals surface area contributed by atoms with E-state index < -0.39 is 5.97 Å². The first-order valence-corrected chi connectivity index (χ1v) is 4.43. The molecule has 1 aromatic rings. The van der Waals surface area contributed by atoms with Crippen molar-refractivity contribution in [2.45, 2.75) is 6.42 Å². The van der Waals surface area contributed by atoms with Gasteiger partial charge in [0, 0.05) is 18.9 Å². The molecule has 0 aliphatic rings. The van der Waals surface area contributed by atoms with Gasteiger partial charge in [-0.05, 0) is 18.6 Å². The molecule has 0 bridgehead atoms. The number of rotatable bonds is 3. The average molecular weight is 213 g/mol. The van der Waals surface area contributed by atoms with Crippen molar-refractivity contribution in [3.63, 3.8) is 0 Å². The van der Waals surface area contributed by atoms with Gasteiger partial charge in [0.15, 0.2) is 0 Å². The molecule has 0 atom stereocenters. The van der Waals surface area contributed by atoms with E-state index in [2.05, 4.69) is 0 Å². The second-order valence-electron chi connectivity index (χ2n) is 2.69. The van der Waals surface area contributed by atoms with Crippen LogP contribution < -0.4 is 5.73 Å². The van der Waals surface area contributed by atoms with E-state index in [1.165, 1.54) is 6.07 Å². The summed E-state index contributed by atoms with van der Waals surface area (Å²) in [5, 5.41) is 24.3. The van der Waals surface area contributed by atoms with Crippen LogP contribution in [0.1, 0.15) is 16.8 Å². The van der Waals surface area contributed by atoms with Crippen LogP contribution in [0.4, 0.5) is 5.69 Å². The maximum Gasteiger partial charge on any atom is 0.337 e. The third-order valence-electron chi connectivity index (χ3n) is 1.51. The van der Waals surface area contributed by atoms with E-state index in [0.717, 1.165) is 0 Å². The lowest BCUT2D eigenvalue weighted by Gasteiger charge is -1.96. The predicted molar refractivity (Wildman–Crippen MR) is 56.6 cm³/mol. The molecular formula is C10H15NO4. The number of carbonyl (C=O) groups is 1. The number of hydrogen-bond donors (Lipinski definition) is 4. The smallest absolute Gasteiger partial charge is 0.337 e. The molecule has 0 amide bonds. The molecule has 5 nitrogen and oxygen atoms in total. The number of aromatic carboxylic acids is 1. The van der Waals surface area contributed by atoms with Crippen molar-refractivity contribution in [2.24, 2.45) is 0 Å². The summed E-state index contributed by atoms with van der Waals surface area (Å²) in [6.45, 7) is 0.188. The Kier molecular flexibility index (Phi) is 6.96. The van der Waals surface area contributed by atoms with Crippen LogP contribution in [-0.4, -0.2) is 34.5 Å². The Morgan fingerprint density at radius 2 is 1.73 bits per heavy atom. The van der Waals surface area contributed by atoms with Gasteiger partial charge in [-0.2, -0.15) is 0 Å². The fourth-order valence-corrected chi connectivity index (χ4v) is 0.762. The normalized spacial score (nSPS) is 8.93. The van der Waals surface area contributed by atoms with Gasteiger partial charge in [-0.25, -0.2) is 4.79 Å². The van der Waals surface area contributed by atoms with Crippen LogP contribution in [0.15, 0.2) is 24.3 Å². The highest BCUT2D eigenvalue weighted by Gasteiger charge is 2.03. The quantitative estimate of drug-likeness (QED) is 0.542. The molecule has 0 aliphatic carbocycles. The first-order chi connectivity index (χ1) is 7.13. The molecule has 15 heavy (non-hydrogen) atoms. The average Bonchev–Trinajstić information content (AvgIpc) is 2.20. The number of hydrogen-bond acceptors (Lipinski definition) is 4. The molecule has 1 rings (SSSR count). The first kappa shape index (κ1) is 13.4. The molecule has 0 unspecified atom stereocenters. The van der Waals surface area contributed by atoms with Crippen molar-refractivity contribution >= 4 is 11.7 Å². The van der Waals surface area contributed by atoms with Gasteiger partial charge in [0.2, 0.25) is 0 Å². The first-order valence-electron chi connectivity index (χ1n) is 4.43. The number of nitrogen functional groups attached to an aromatic ring is 1. The summed E-state index contributed by atoms with van der Waals surface area (Å²) in [6.07, 6.45) is 0.500. The van der Waals surface area contributed by atoms with Gasteiger partial charge >= 0.3 is 5.97 Å². The number of aliphatic hydroxyl groups excluding tert-OH is 2. The zero-order valence-electron chi connectivity index (χ0n) is 8.26. The zero-order chi connectivity index (χ0) is 11.7. The van der Waals surface area contributed by atoms with E-state index in [4.69, 9.17) is 21.1 Å². The Morgan fingerprint density at radius 3 is 2.00 bits per heavy atom. The summed E-state index contributed by atoms with van der Waals surface area (Å²) in [4.78, 5) is 10.3. The molecule has 0 saturated carbocycles. The Labute approximate surface area is 87.8 Å². The Hall–Kier alpha value is -1.59. The minimum absolute atomic E-state index is 0.0938. The van der Waals surface area contributed by atoms with Gasteiger partial charge in [0.25, 0.3) is 0 Å². The summed E-state index contributed by atoms with van der Waals surface area (Å²) in [5.41, 5.74) is 5.80. The van der Waals surface area contributed by atoms with Crippen LogP contribution in [0, 0.1) is 0 Å². The number of carboxylic acids is 1. The molecule has 0 radical (unpaired) electrons. The molecule has 0 aliphatic heterocycles. The van der Waals surface area contributed by atoms with Gasteiger partial charge < -0.3 is 21.1 Å². The lowest BCUT2D eigenvalue weighted by Crippen LogP contribution is -2.00. The van der Waals surface area contributed by atoms with E-state index in [-0.39, 0.29) is 18.8 Å². The molecule has 84 valence electrons. The van der Waals surface area contributed by atoms with Crippen LogP contribution in [0.5, 0.6) is 0 Å². The minimum Gasteiger partial charge on any atom is -0.478 e. The summed E-state index contributed by atoms with van der Waals surface area (Å²) in [6, 6.07) is 6.36. The topological polar surface area (TPSA) is 104 Å². The molecule has 0 spiro atoms. The summed E-state index contributed by atoms with van der Waals surface area (Å²) >= 11 is 0. The van der Waals surface area contributed by atoms with Crippen molar-refractivity contribution in [1.82, 2.24) is 0 Å². The van der Waals surface area contributed by atoms with Crippen LogP contribution >= 0.6 is 0 Å². The standard InChI is InChI=1S/C7H7NO2.C3H8O2/c8-6-4-2-1-3-5(6)7(9)10;4-2-1-3-5/h1-4H,8H2,(H,9,10);4-5H,1-3H2. The maximum atomic E-state index is 10.3. The molecule has 0 saturated heterocycles.